The molecule has 0 saturated carbocycles. The summed E-state index contributed by atoms with van der Waals surface area (Å²) in [6, 6.07) is 20.9. The fraction of sp³-hybridized carbons (Fsp3) is 0.222. The highest BCUT2D eigenvalue weighted by Crippen LogP contribution is 2.21. The van der Waals surface area contributed by atoms with Crippen molar-refractivity contribution in [1.82, 2.24) is 0 Å². The van der Waals surface area contributed by atoms with Crippen molar-refractivity contribution in [3.05, 3.63) is 72.3 Å². The van der Waals surface area contributed by atoms with Crippen molar-refractivity contribution >= 4 is 19.3 Å². The van der Waals surface area contributed by atoms with E-state index in [4.69, 9.17) is 4.43 Å². The zero-order valence-corrected chi connectivity index (χ0v) is 13.5. The van der Waals surface area contributed by atoms with Crippen molar-refractivity contribution in [3.8, 4) is 0 Å². The lowest BCUT2D eigenvalue weighted by Crippen LogP contribution is -2.44. The van der Waals surface area contributed by atoms with Gasteiger partial charge in [-0.15, -0.1) is 0 Å². The van der Waals surface area contributed by atoms with Crippen LogP contribution in [-0.4, -0.2) is 8.32 Å². The van der Waals surface area contributed by atoms with Gasteiger partial charge in [-0.05, 0) is 30.8 Å². The molecule has 0 saturated heterocycles. The standard InChI is InChI=1S/C18H22OSi/c1-4-11-18(16-12-7-5-8-13-16)19-20(2,3)17-14-9-6-10-15-17/h5-15H,4H2,1-3H3/b18-11-. The van der Waals surface area contributed by atoms with Gasteiger partial charge in [0, 0.05) is 5.56 Å². The molecule has 0 aliphatic rings. The summed E-state index contributed by atoms with van der Waals surface area (Å²) in [7, 11) is -1.93. The molecule has 0 radical (unpaired) electrons. The Hall–Kier alpha value is -1.80. The summed E-state index contributed by atoms with van der Waals surface area (Å²) >= 11 is 0. The Bertz CT molecular complexity index is 558. The average molecular weight is 282 g/mol. The lowest BCUT2D eigenvalue weighted by Gasteiger charge is -2.26. The maximum atomic E-state index is 6.45. The molecule has 0 unspecified atom stereocenters. The van der Waals surface area contributed by atoms with Crippen LogP contribution in [0.5, 0.6) is 0 Å². The molecule has 0 heterocycles. The molecule has 0 bridgehead atoms. The van der Waals surface area contributed by atoms with E-state index in [-0.39, 0.29) is 0 Å². The van der Waals surface area contributed by atoms with Gasteiger partial charge in [0.05, 0.1) is 0 Å². The molecule has 2 rings (SSSR count). The molecule has 0 aromatic heterocycles. The van der Waals surface area contributed by atoms with Crippen molar-refractivity contribution in [3.63, 3.8) is 0 Å². The van der Waals surface area contributed by atoms with Gasteiger partial charge in [0.1, 0.15) is 5.76 Å². The number of hydrogen-bond acceptors (Lipinski definition) is 1. The Morgan fingerprint density at radius 1 is 0.950 bits per heavy atom. The summed E-state index contributed by atoms with van der Waals surface area (Å²) in [5.74, 6) is 1.01. The predicted octanol–water partition coefficient (Wildman–Crippen LogP) is 4.57. The Balaban J connectivity index is 2.27. The lowest BCUT2D eigenvalue weighted by molar-refractivity contribution is 0.519. The van der Waals surface area contributed by atoms with Gasteiger partial charge in [-0.1, -0.05) is 67.6 Å². The normalized spacial score (nSPS) is 12.2. The van der Waals surface area contributed by atoms with Crippen molar-refractivity contribution in [2.24, 2.45) is 0 Å². The van der Waals surface area contributed by atoms with E-state index < -0.39 is 8.32 Å². The Morgan fingerprint density at radius 2 is 1.50 bits per heavy atom. The molecular weight excluding hydrogens is 260 g/mol. The number of benzene rings is 2. The molecule has 0 atom stereocenters. The summed E-state index contributed by atoms with van der Waals surface area (Å²) in [6.45, 7) is 6.63. The molecular formula is C18H22OSi. The molecule has 0 N–H and O–H groups in total. The number of allylic oxidation sites excluding steroid dienone is 1. The zero-order chi connectivity index (χ0) is 14.4. The highest BCUT2D eigenvalue weighted by Gasteiger charge is 2.28. The van der Waals surface area contributed by atoms with Gasteiger partial charge < -0.3 is 4.43 Å². The predicted molar refractivity (Wildman–Crippen MR) is 89.4 cm³/mol. The molecule has 0 aliphatic heterocycles. The first-order valence-electron chi connectivity index (χ1n) is 7.13. The second kappa shape index (κ2) is 6.57. The fourth-order valence-electron chi connectivity index (χ4n) is 2.18. The number of rotatable bonds is 5. The first-order valence-corrected chi connectivity index (χ1v) is 10.0. The molecule has 1 nitrogen and oxygen atoms in total. The van der Waals surface area contributed by atoms with Crippen LogP contribution in [-0.2, 0) is 4.43 Å². The van der Waals surface area contributed by atoms with Gasteiger partial charge in [0.15, 0.2) is 0 Å². The molecule has 104 valence electrons. The summed E-state index contributed by atoms with van der Waals surface area (Å²) in [5, 5.41) is 1.32. The van der Waals surface area contributed by atoms with Gasteiger partial charge in [0.25, 0.3) is 8.32 Å². The van der Waals surface area contributed by atoms with Crippen molar-refractivity contribution in [2.45, 2.75) is 26.4 Å². The minimum atomic E-state index is -1.93. The Labute approximate surface area is 123 Å². The maximum Gasteiger partial charge on any atom is 0.276 e. The van der Waals surface area contributed by atoms with E-state index >= 15 is 0 Å². The Kier molecular flexibility index (Phi) is 4.80. The molecule has 0 amide bonds. The van der Waals surface area contributed by atoms with E-state index in [0.29, 0.717) is 0 Å². The third-order valence-corrected chi connectivity index (χ3v) is 5.74. The summed E-state index contributed by atoms with van der Waals surface area (Å²) < 4.78 is 6.45. The van der Waals surface area contributed by atoms with Crippen molar-refractivity contribution in [2.75, 3.05) is 0 Å². The average Bonchev–Trinajstić information content (AvgIpc) is 2.48. The first-order chi connectivity index (χ1) is 9.63. The van der Waals surface area contributed by atoms with E-state index in [0.717, 1.165) is 17.7 Å². The monoisotopic (exact) mass is 282 g/mol. The van der Waals surface area contributed by atoms with Gasteiger partial charge in [0.2, 0.25) is 0 Å². The van der Waals surface area contributed by atoms with Gasteiger partial charge in [-0.3, -0.25) is 0 Å². The van der Waals surface area contributed by atoms with Gasteiger partial charge in [-0.25, -0.2) is 0 Å². The van der Waals surface area contributed by atoms with Crippen molar-refractivity contribution in [1.29, 1.82) is 0 Å². The SMILES string of the molecule is CC/C=C(\O[Si](C)(C)c1ccccc1)c1ccccc1. The van der Waals surface area contributed by atoms with Crippen molar-refractivity contribution < 1.29 is 4.43 Å². The second-order valence-corrected chi connectivity index (χ2v) is 9.12. The van der Waals surface area contributed by atoms with Crippen LogP contribution >= 0.6 is 0 Å². The minimum absolute atomic E-state index is 0.976. The molecule has 2 heteroatoms. The molecule has 2 aromatic rings. The third-order valence-electron chi connectivity index (χ3n) is 3.28. The van der Waals surface area contributed by atoms with Crippen LogP contribution in [0.15, 0.2) is 66.7 Å². The quantitative estimate of drug-likeness (QED) is 0.577. The third kappa shape index (κ3) is 3.61. The minimum Gasteiger partial charge on any atom is -0.539 e. The van der Waals surface area contributed by atoms with E-state index in [2.05, 4.69) is 74.6 Å². The zero-order valence-electron chi connectivity index (χ0n) is 12.5. The van der Waals surface area contributed by atoms with Crippen LogP contribution in [0.25, 0.3) is 5.76 Å². The summed E-state index contributed by atoms with van der Waals surface area (Å²) in [5.41, 5.74) is 1.16. The largest absolute Gasteiger partial charge is 0.539 e. The molecule has 2 aromatic carbocycles. The van der Waals surface area contributed by atoms with Crippen LogP contribution in [0.3, 0.4) is 0 Å². The van der Waals surface area contributed by atoms with E-state index in [9.17, 15) is 0 Å². The van der Waals surface area contributed by atoms with Crippen LogP contribution in [0.2, 0.25) is 13.1 Å². The highest BCUT2D eigenvalue weighted by atomic mass is 28.4. The second-order valence-electron chi connectivity index (χ2n) is 5.32. The van der Waals surface area contributed by atoms with Crippen LogP contribution < -0.4 is 5.19 Å². The summed E-state index contributed by atoms with van der Waals surface area (Å²) in [6.07, 6.45) is 3.15. The highest BCUT2D eigenvalue weighted by molar-refractivity contribution is 6.85. The van der Waals surface area contributed by atoms with Crippen LogP contribution in [0.4, 0.5) is 0 Å². The number of hydrogen-bond donors (Lipinski definition) is 0. The van der Waals surface area contributed by atoms with E-state index in [1.807, 2.05) is 12.1 Å². The lowest BCUT2D eigenvalue weighted by atomic mass is 10.2. The fourth-order valence-corrected chi connectivity index (χ4v) is 4.04. The van der Waals surface area contributed by atoms with Crippen LogP contribution in [0, 0.1) is 0 Å². The smallest absolute Gasteiger partial charge is 0.276 e. The summed E-state index contributed by atoms with van der Waals surface area (Å²) in [4.78, 5) is 0. The molecule has 0 aliphatic carbocycles. The first kappa shape index (κ1) is 14.6. The van der Waals surface area contributed by atoms with Gasteiger partial charge >= 0.3 is 0 Å². The van der Waals surface area contributed by atoms with E-state index in [1.165, 1.54) is 5.19 Å². The Morgan fingerprint density at radius 3 is 2.05 bits per heavy atom. The molecule has 0 spiro atoms. The maximum absolute atomic E-state index is 6.45. The topological polar surface area (TPSA) is 9.23 Å². The molecule has 20 heavy (non-hydrogen) atoms. The van der Waals surface area contributed by atoms with Gasteiger partial charge in [-0.2, -0.15) is 0 Å². The van der Waals surface area contributed by atoms with E-state index in [1.54, 1.807) is 0 Å². The van der Waals surface area contributed by atoms with Crippen LogP contribution in [0.1, 0.15) is 18.9 Å². The molecule has 0 fully saturated rings.